The van der Waals surface area contributed by atoms with Gasteiger partial charge in [0.25, 0.3) is 0 Å². The number of imidazole rings is 1. The van der Waals surface area contributed by atoms with Crippen molar-refractivity contribution in [3.05, 3.63) is 53.6 Å². The minimum atomic E-state index is 0.641. The highest BCUT2D eigenvalue weighted by molar-refractivity contribution is 5.86. The van der Waals surface area contributed by atoms with E-state index in [0.717, 1.165) is 66.2 Å². The van der Waals surface area contributed by atoms with E-state index >= 15 is 0 Å². The second-order valence-corrected chi connectivity index (χ2v) is 7.00. The van der Waals surface area contributed by atoms with Crippen LogP contribution in [0.1, 0.15) is 37.0 Å². The molecule has 5 heteroatoms. The molecular weight excluding hydrogens is 346 g/mol. The van der Waals surface area contributed by atoms with Crippen LogP contribution in [0.4, 0.5) is 5.82 Å². The van der Waals surface area contributed by atoms with Gasteiger partial charge in [0.1, 0.15) is 11.9 Å². The van der Waals surface area contributed by atoms with E-state index in [1.807, 2.05) is 31.2 Å². The Kier molecular flexibility index (Phi) is 6.33. The number of aromatic nitrogens is 2. The van der Waals surface area contributed by atoms with Crippen molar-refractivity contribution < 1.29 is 0 Å². The largest absolute Gasteiger partial charge is 0.371 e. The second kappa shape index (κ2) is 8.90. The van der Waals surface area contributed by atoms with E-state index in [0.29, 0.717) is 12.0 Å². The zero-order chi connectivity index (χ0) is 20.1. The molecule has 0 unspecified atom stereocenters. The third-order valence-corrected chi connectivity index (χ3v) is 5.42. The number of para-hydroxylation sites is 2. The molecule has 0 aliphatic rings. The van der Waals surface area contributed by atoms with Crippen LogP contribution in [0, 0.1) is 18.3 Å². The van der Waals surface area contributed by atoms with Crippen molar-refractivity contribution in [3.63, 3.8) is 0 Å². The Labute approximate surface area is 167 Å². The van der Waals surface area contributed by atoms with Crippen molar-refractivity contribution in [2.24, 2.45) is 0 Å². The van der Waals surface area contributed by atoms with Gasteiger partial charge in [-0.15, -0.1) is 6.58 Å². The van der Waals surface area contributed by atoms with Gasteiger partial charge in [-0.05, 0) is 57.1 Å². The maximum atomic E-state index is 9.80. The molecule has 0 spiro atoms. The SMILES string of the molecule is C=CCc1c(C)c(C#N)c2nc3ccccc3n2c1NCCCN(CC)CC. The predicted molar refractivity (Wildman–Crippen MR) is 117 cm³/mol. The molecule has 0 bridgehead atoms. The molecule has 0 saturated carbocycles. The van der Waals surface area contributed by atoms with Crippen LogP contribution < -0.4 is 5.32 Å². The minimum absolute atomic E-state index is 0.641. The number of hydrogen-bond acceptors (Lipinski definition) is 4. The van der Waals surface area contributed by atoms with Gasteiger partial charge in [0.2, 0.25) is 0 Å². The summed E-state index contributed by atoms with van der Waals surface area (Å²) >= 11 is 0. The number of pyridine rings is 1. The molecule has 3 rings (SSSR count). The van der Waals surface area contributed by atoms with E-state index < -0.39 is 0 Å². The lowest BCUT2D eigenvalue weighted by atomic mass is 10.0. The number of allylic oxidation sites excluding steroid dienone is 1. The summed E-state index contributed by atoms with van der Waals surface area (Å²) < 4.78 is 2.11. The molecule has 146 valence electrons. The molecule has 2 aromatic heterocycles. The van der Waals surface area contributed by atoms with Crippen molar-refractivity contribution in [2.45, 2.75) is 33.6 Å². The summed E-state index contributed by atoms with van der Waals surface area (Å²) in [5.74, 6) is 1.03. The number of nitriles is 1. The highest BCUT2D eigenvalue weighted by Crippen LogP contribution is 2.31. The Morgan fingerprint density at radius 3 is 2.71 bits per heavy atom. The summed E-state index contributed by atoms with van der Waals surface area (Å²) in [5, 5.41) is 13.5. The van der Waals surface area contributed by atoms with Crippen LogP contribution in [0.5, 0.6) is 0 Å². The van der Waals surface area contributed by atoms with Gasteiger partial charge in [0.15, 0.2) is 5.65 Å². The zero-order valence-electron chi connectivity index (χ0n) is 17.1. The predicted octanol–water partition coefficient (Wildman–Crippen LogP) is 4.54. The highest BCUT2D eigenvalue weighted by Gasteiger charge is 2.19. The first-order chi connectivity index (χ1) is 13.7. The van der Waals surface area contributed by atoms with Gasteiger partial charge in [0.05, 0.1) is 16.6 Å². The van der Waals surface area contributed by atoms with E-state index in [4.69, 9.17) is 4.98 Å². The fourth-order valence-electron chi connectivity index (χ4n) is 3.81. The first-order valence-corrected chi connectivity index (χ1v) is 10.1. The summed E-state index contributed by atoms with van der Waals surface area (Å²) in [6.45, 7) is 14.4. The number of anilines is 1. The third kappa shape index (κ3) is 3.61. The smallest absolute Gasteiger partial charge is 0.157 e. The second-order valence-electron chi connectivity index (χ2n) is 7.00. The van der Waals surface area contributed by atoms with Crippen LogP contribution in [0.15, 0.2) is 36.9 Å². The van der Waals surface area contributed by atoms with Crippen LogP contribution >= 0.6 is 0 Å². The number of nitrogens with zero attached hydrogens (tertiary/aromatic N) is 4. The number of nitrogens with one attached hydrogen (secondary N) is 1. The fraction of sp³-hybridized carbons (Fsp3) is 0.391. The third-order valence-electron chi connectivity index (χ3n) is 5.42. The average molecular weight is 376 g/mol. The summed E-state index contributed by atoms with van der Waals surface area (Å²) in [6, 6.07) is 10.4. The monoisotopic (exact) mass is 375 g/mol. The molecule has 0 radical (unpaired) electrons. The van der Waals surface area contributed by atoms with Crippen LogP contribution in [-0.4, -0.2) is 40.5 Å². The molecule has 28 heavy (non-hydrogen) atoms. The van der Waals surface area contributed by atoms with Crippen molar-refractivity contribution in [1.82, 2.24) is 14.3 Å². The van der Waals surface area contributed by atoms with Gasteiger partial charge in [-0.2, -0.15) is 5.26 Å². The molecule has 0 aliphatic heterocycles. The molecule has 0 saturated heterocycles. The number of fused-ring (bicyclic) bond motifs is 3. The summed E-state index contributed by atoms with van der Waals surface area (Å²) in [6.07, 6.45) is 3.67. The molecule has 0 amide bonds. The van der Waals surface area contributed by atoms with Crippen molar-refractivity contribution in [2.75, 3.05) is 31.5 Å². The lowest BCUT2D eigenvalue weighted by Crippen LogP contribution is -2.25. The molecule has 2 heterocycles. The molecular formula is C23H29N5. The minimum Gasteiger partial charge on any atom is -0.371 e. The van der Waals surface area contributed by atoms with Gasteiger partial charge in [-0.3, -0.25) is 4.40 Å². The van der Waals surface area contributed by atoms with E-state index in [2.05, 4.69) is 47.2 Å². The molecule has 0 aliphatic carbocycles. The number of rotatable bonds is 9. The number of hydrogen-bond donors (Lipinski definition) is 1. The fourth-order valence-corrected chi connectivity index (χ4v) is 3.81. The molecule has 0 atom stereocenters. The van der Waals surface area contributed by atoms with E-state index in [1.165, 1.54) is 0 Å². The van der Waals surface area contributed by atoms with Gasteiger partial charge in [-0.25, -0.2) is 4.98 Å². The van der Waals surface area contributed by atoms with Crippen molar-refractivity contribution in [3.8, 4) is 6.07 Å². The molecule has 5 nitrogen and oxygen atoms in total. The average Bonchev–Trinajstić information content (AvgIpc) is 3.09. The first-order valence-electron chi connectivity index (χ1n) is 10.1. The lowest BCUT2D eigenvalue weighted by Gasteiger charge is -2.20. The Hall–Kier alpha value is -2.84. The highest BCUT2D eigenvalue weighted by atomic mass is 15.1. The van der Waals surface area contributed by atoms with Crippen LogP contribution in [0.3, 0.4) is 0 Å². The summed E-state index contributed by atoms with van der Waals surface area (Å²) in [7, 11) is 0. The molecule has 3 aromatic rings. The summed E-state index contributed by atoms with van der Waals surface area (Å²) in [4.78, 5) is 7.19. The van der Waals surface area contributed by atoms with Crippen LogP contribution in [-0.2, 0) is 6.42 Å². The normalized spacial score (nSPS) is 11.2. The summed E-state index contributed by atoms with van der Waals surface area (Å²) in [5.41, 5.74) is 5.38. The van der Waals surface area contributed by atoms with E-state index in [9.17, 15) is 5.26 Å². The van der Waals surface area contributed by atoms with Crippen LogP contribution in [0.2, 0.25) is 0 Å². The molecule has 1 N–H and O–H groups in total. The van der Waals surface area contributed by atoms with Gasteiger partial charge >= 0.3 is 0 Å². The Bertz CT molecular complexity index is 1020. The quantitative estimate of drug-likeness (QED) is 0.441. The Balaban J connectivity index is 2.09. The van der Waals surface area contributed by atoms with Gasteiger partial charge < -0.3 is 10.2 Å². The van der Waals surface area contributed by atoms with Gasteiger partial charge in [-0.1, -0.05) is 32.1 Å². The maximum Gasteiger partial charge on any atom is 0.157 e. The van der Waals surface area contributed by atoms with Crippen LogP contribution in [0.25, 0.3) is 16.7 Å². The first kappa shape index (κ1) is 19.9. The van der Waals surface area contributed by atoms with Gasteiger partial charge in [0, 0.05) is 12.1 Å². The van der Waals surface area contributed by atoms with E-state index in [1.54, 1.807) is 0 Å². The number of benzene rings is 1. The Morgan fingerprint density at radius 2 is 2.04 bits per heavy atom. The van der Waals surface area contributed by atoms with Crippen molar-refractivity contribution in [1.29, 1.82) is 5.26 Å². The standard InChI is InChI=1S/C23H29N5/c1-5-11-18-17(4)19(16-24)23-26-20-12-8-9-13-21(20)28(23)22(18)25-14-10-15-27(6-2)7-3/h5,8-9,12-13,25H,1,6-7,10-11,14-15H2,2-4H3. The maximum absolute atomic E-state index is 9.80. The topological polar surface area (TPSA) is 56.4 Å². The Morgan fingerprint density at radius 1 is 1.29 bits per heavy atom. The lowest BCUT2D eigenvalue weighted by molar-refractivity contribution is 0.303. The molecule has 0 fully saturated rings. The van der Waals surface area contributed by atoms with Crippen molar-refractivity contribution >= 4 is 22.5 Å². The van der Waals surface area contributed by atoms with E-state index in [-0.39, 0.29) is 0 Å². The zero-order valence-corrected chi connectivity index (χ0v) is 17.1. The molecule has 1 aromatic carbocycles.